The van der Waals surface area contributed by atoms with Crippen LogP contribution in [0.4, 0.5) is 0 Å². The Morgan fingerprint density at radius 1 is 0.897 bits per heavy atom. The van der Waals surface area contributed by atoms with Crippen molar-refractivity contribution in [3.63, 3.8) is 0 Å². The van der Waals surface area contributed by atoms with Crippen LogP contribution in [0, 0.1) is 0 Å². The summed E-state index contributed by atoms with van der Waals surface area (Å²) in [5, 5.41) is 14.0. The van der Waals surface area contributed by atoms with Crippen LogP contribution in [-0.4, -0.2) is 36.6 Å². The normalized spacial score (nSPS) is 12.7. The molecule has 0 bridgehead atoms. The van der Waals surface area contributed by atoms with Crippen LogP contribution in [0.5, 0.6) is 0 Å². The maximum atomic E-state index is 13.8. The van der Waals surface area contributed by atoms with Crippen molar-refractivity contribution in [3.05, 3.63) is 123 Å². The lowest BCUT2D eigenvalue weighted by molar-refractivity contribution is 0.195. The number of aromatic nitrogens is 5. The number of benzene rings is 3. The van der Waals surface area contributed by atoms with Crippen LogP contribution in [0.3, 0.4) is 0 Å². The minimum absolute atomic E-state index is 0.127. The van der Waals surface area contributed by atoms with E-state index in [0.29, 0.717) is 24.5 Å². The topological polar surface area (TPSA) is 79.7 Å². The summed E-state index contributed by atoms with van der Waals surface area (Å²) in [6.07, 6.45) is 1.75. The molecule has 0 saturated heterocycles. The average Bonchev–Trinajstić information content (AvgIpc) is 3.43. The molecule has 0 fully saturated rings. The fourth-order valence-electron chi connectivity index (χ4n) is 5.07. The molecule has 5 rings (SSSR count). The van der Waals surface area contributed by atoms with Crippen molar-refractivity contribution >= 4 is 10.9 Å². The molecule has 2 aromatic heterocycles. The van der Waals surface area contributed by atoms with Gasteiger partial charge in [-0.05, 0) is 84.3 Å². The average molecular weight is 521 g/mol. The maximum absolute atomic E-state index is 13.8. The number of aromatic amines is 1. The zero-order valence-corrected chi connectivity index (χ0v) is 23.1. The van der Waals surface area contributed by atoms with Crippen LogP contribution in [0.25, 0.3) is 10.9 Å². The molecule has 3 aromatic carbocycles. The number of aryl methyl sites for hydroxylation is 1. The summed E-state index contributed by atoms with van der Waals surface area (Å²) < 4.78 is 1.85. The van der Waals surface area contributed by atoms with Gasteiger partial charge in [-0.2, -0.15) is 0 Å². The van der Waals surface area contributed by atoms with E-state index >= 15 is 0 Å². The van der Waals surface area contributed by atoms with Crippen molar-refractivity contribution in [1.29, 1.82) is 0 Å². The van der Waals surface area contributed by atoms with E-state index in [-0.39, 0.29) is 11.1 Å². The summed E-state index contributed by atoms with van der Waals surface area (Å²) >= 11 is 0. The SMILES string of the molecule is CCc1ccc2[nH]c(=O)c(C(c3nnnn3C(C)(C)C)N(CCc3ccccc3)Cc3ccccc3)cc2c1. The second-order valence-corrected chi connectivity index (χ2v) is 11.0. The van der Waals surface area contributed by atoms with Gasteiger partial charge in [0.2, 0.25) is 0 Å². The molecule has 0 radical (unpaired) electrons. The predicted octanol–water partition coefficient (Wildman–Crippen LogP) is 5.67. The lowest BCUT2D eigenvalue weighted by Gasteiger charge is -2.33. The minimum Gasteiger partial charge on any atom is -0.322 e. The van der Waals surface area contributed by atoms with E-state index in [1.807, 2.05) is 41.1 Å². The van der Waals surface area contributed by atoms with Crippen LogP contribution in [0.2, 0.25) is 0 Å². The van der Waals surface area contributed by atoms with Gasteiger partial charge in [0.15, 0.2) is 5.82 Å². The third kappa shape index (κ3) is 5.99. The summed E-state index contributed by atoms with van der Waals surface area (Å²) in [4.78, 5) is 19.2. The van der Waals surface area contributed by atoms with Gasteiger partial charge in [0.25, 0.3) is 5.56 Å². The van der Waals surface area contributed by atoms with Gasteiger partial charge in [-0.3, -0.25) is 9.69 Å². The molecule has 5 aromatic rings. The van der Waals surface area contributed by atoms with Crippen LogP contribution in [0.15, 0.2) is 89.7 Å². The first kappa shape index (κ1) is 26.5. The Labute approximate surface area is 229 Å². The van der Waals surface area contributed by atoms with Gasteiger partial charge in [-0.25, -0.2) is 4.68 Å². The van der Waals surface area contributed by atoms with E-state index in [1.54, 1.807) is 0 Å². The Bertz CT molecular complexity index is 1580. The minimum atomic E-state index is -0.457. The predicted molar refractivity (Wildman–Crippen MR) is 156 cm³/mol. The summed E-state index contributed by atoms with van der Waals surface area (Å²) in [6.45, 7) is 9.73. The maximum Gasteiger partial charge on any atom is 0.253 e. The van der Waals surface area contributed by atoms with Crippen molar-refractivity contribution in [1.82, 2.24) is 30.1 Å². The lowest BCUT2D eigenvalue weighted by Crippen LogP contribution is -2.38. The molecule has 7 heteroatoms. The number of hydrogen-bond donors (Lipinski definition) is 1. The Hall–Kier alpha value is -4.10. The van der Waals surface area contributed by atoms with E-state index in [9.17, 15) is 4.79 Å². The molecule has 1 N–H and O–H groups in total. The highest BCUT2D eigenvalue weighted by molar-refractivity contribution is 5.80. The molecule has 0 aliphatic heterocycles. The fourth-order valence-corrected chi connectivity index (χ4v) is 5.07. The number of pyridine rings is 1. The number of rotatable bonds is 9. The number of hydrogen-bond acceptors (Lipinski definition) is 5. The van der Waals surface area contributed by atoms with Gasteiger partial charge >= 0.3 is 0 Å². The van der Waals surface area contributed by atoms with Crippen molar-refractivity contribution in [2.24, 2.45) is 0 Å². The summed E-state index contributed by atoms with van der Waals surface area (Å²) in [7, 11) is 0. The van der Waals surface area contributed by atoms with Gasteiger partial charge in [-0.1, -0.05) is 73.7 Å². The molecule has 1 atom stereocenters. The molecule has 0 amide bonds. The van der Waals surface area contributed by atoms with E-state index < -0.39 is 6.04 Å². The van der Waals surface area contributed by atoms with Crippen LogP contribution in [0.1, 0.15) is 61.8 Å². The number of nitrogens with one attached hydrogen (secondary N) is 1. The highest BCUT2D eigenvalue weighted by Gasteiger charge is 2.33. The van der Waals surface area contributed by atoms with E-state index in [4.69, 9.17) is 0 Å². The highest BCUT2D eigenvalue weighted by atomic mass is 16.1. The molecule has 1 unspecified atom stereocenters. The quantitative estimate of drug-likeness (QED) is 0.271. The third-order valence-corrected chi connectivity index (χ3v) is 7.14. The largest absolute Gasteiger partial charge is 0.322 e. The van der Waals surface area contributed by atoms with Crippen LogP contribution in [-0.2, 0) is 24.9 Å². The van der Waals surface area contributed by atoms with E-state index in [2.05, 4.69) is 102 Å². The van der Waals surface area contributed by atoms with E-state index in [0.717, 1.165) is 29.3 Å². The Balaban J connectivity index is 1.68. The lowest BCUT2D eigenvalue weighted by atomic mass is 9.99. The molecule has 7 nitrogen and oxygen atoms in total. The first-order valence-corrected chi connectivity index (χ1v) is 13.6. The first-order chi connectivity index (χ1) is 18.8. The summed E-state index contributed by atoms with van der Waals surface area (Å²) in [5.74, 6) is 0.656. The van der Waals surface area contributed by atoms with Crippen LogP contribution < -0.4 is 5.56 Å². The first-order valence-electron chi connectivity index (χ1n) is 13.6. The molecule has 0 spiro atoms. The van der Waals surface area contributed by atoms with E-state index in [1.165, 1.54) is 11.1 Å². The van der Waals surface area contributed by atoms with Gasteiger partial charge in [0.1, 0.15) is 6.04 Å². The van der Waals surface area contributed by atoms with Gasteiger partial charge in [0, 0.05) is 24.2 Å². The number of tetrazole rings is 1. The van der Waals surface area contributed by atoms with Crippen molar-refractivity contribution in [3.8, 4) is 0 Å². The Morgan fingerprint density at radius 2 is 1.59 bits per heavy atom. The summed E-state index contributed by atoms with van der Waals surface area (Å²) in [5.41, 5.74) is 4.60. The van der Waals surface area contributed by atoms with Gasteiger partial charge in [0.05, 0.1) is 5.54 Å². The highest BCUT2D eigenvalue weighted by Crippen LogP contribution is 2.31. The Morgan fingerprint density at radius 3 is 2.26 bits per heavy atom. The number of H-pyrrole nitrogens is 1. The number of fused-ring (bicyclic) bond motifs is 1. The fraction of sp³-hybridized carbons (Fsp3) is 0.312. The zero-order chi connectivity index (χ0) is 27.4. The van der Waals surface area contributed by atoms with Gasteiger partial charge < -0.3 is 4.98 Å². The summed E-state index contributed by atoms with van der Waals surface area (Å²) in [6, 6.07) is 28.6. The standard InChI is InChI=1S/C32H36N6O/c1-5-23-16-17-28-26(20-23)21-27(31(39)33-28)29(30-34-35-36-38(30)32(2,3)4)37(22-25-14-10-7-11-15-25)19-18-24-12-8-6-9-13-24/h6-17,20-21,29H,5,18-19,22H2,1-4H3,(H,33,39). The van der Waals surface area contributed by atoms with Crippen LogP contribution >= 0.6 is 0 Å². The Kier molecular flexibility index (Phi) is 7.70. The van der Waals surface area contributed by atoms with Crippen molar-refractivity contribution < 1.29 is 0 Å². The molecule has 200 valence electrons. The molecule has 2 heterocycles. The second-order valence-electron chi connectivity index (χ2n) is 11.0. The second kappa shape index (κ2) is 11.3. The molecule has 0 aliphatic rings. The smallest absolute Gasteiger partial charge is 0.253 e. The molecule has 39 heavy (non-hydrogen) atoms. The third-order valence-electron chi connectivity index (χ3n) is 7.14. The molecule has 0 aliphatic carbocycles. The van der Waals surface area contributed by atoms with Crippen molar-refractivity contribution in [2.45, 2.75) is 58.7 Å². The molecular formula is C32H36N6O. The molecular weight excluding hydrogens is 484 g/mol. The molecule has 0 saturated carbocycles. The number of nitrogens with zero attached hydrogens (tertiary/aromatic N) is 5. The van der Waals surface area contributed by atoms with Crippen molar-refractivity contribution in [2.75, 3.05) is 6.54 Å². The zero-order valence-electron chi connectivity index (χ0n) is 23.1. The monoisotopic (exact) mass is 520 g/mol. The van der Waals surface area contributed by atoms with Gasteiger partial charge in [-0.15, -0.1) is 5.10 Å².